The van der Waals surface area contributed by atoms with Crippen molar-refractivity contribution in [2.45, 2.75) is 18.4 Å². The molecule has 0 N–H and O–H groups in total. The van der Waals surface area contributed by atoms with Crippen LogP contribution in [-0.4, -0.2) is 6.08 Å². The minimum atomic E-state index is -0.196. The number of isocyanates is 1. The molecule has 4 heteroatoms. The Morgan fingerprint density at radius 1 is 1.58 bits per heavy atom. The van der Waals surface area contributed by atoms with E-state index in [0.717, 1.165) is 21.5 Å². The van der Waals surface area contributed by atoms with E-state index in [1.807, 2.05) is 12.1 Å². The lowest BCUT2D eigenvalue weighted by atomic mass is 10.2. The third-order valence-corrected chi connectivity index (χ3v) is 3.83. The summed E-state index contributed by atoms with van der Waals surface area (Å²) >= 11 is 5.02. The third kappa shape index (κ3) is 1.26. The molecular formula is C8H6BrNOS. The van der Waals surface area contributed by atoms with Crippen LogP contribution < -0.4 is 0 Å². The summed E-state index contributed by atoms with van der Waals surface area (Å²) in [5.41, 5.74) is -0.196. The van der Waals surface area contributed by atoms with Gasteiger partial charge in [-0.25, -0.2) is 4.79 Å². The Labute approximate surface area is 82.5 Å². The number of hydrogen-bond donors (Lipinski definition) is 0. The summed E-state index contributed by atoms with van der Waals surface area (Å²) in [6.07, 6.45) is 3.61. The summed E-state index contributed by atoms with van der Waals surface area (Å²) in [6.45, 7) is 0. The van der Waals surface area contributed by atoms with E-state index in [4.69, 9.17) is 0 Å². The monoisotopic (exact) mass is 243 g/mol. The number of halogens is 1. The van der Waals surface area contributed by atoms with Crippen LogP contribution in [0.5, 0.6) is 0 Å². The second kappa shape index (κ2) is 2.80. The van der Waals surface area contributed by atoms with Gasteiger partial charge in [0.25, 0.3) is 0 Å². The first-order chi connectivity index (χ1) is 5.77. The smallest absolute Gasteiger partial charge is 0.211 e. The van der Waals surface area contributed by atoms with Crippen LogP contribution in [0.15, 0.2) is 20.9 Å². The van der Waals surface area contributed by atoms with Gasteiger partial charge in [-0.15, -0.1) is 11.3 Å². The van der Waals surface area contributed by atoms with Crippen LogP contribution in [0, 0.1) is 0 Å². The summed E-state index contributed by atoms with van der Waals surface area (Å²) in [6, 6.07) is 4.00. The number of thiophene rings is 1. The van der Waals surface area contributed by atoms with Crippen molar-refractivity contribution in [3.05, 3.63) is 20.8 Å². The van der Waals surface area contributed by atoms with Gasteiger partial charge < -0.3 is 0 Å². The lowest BCUT2D eigenvalue weighted by Crippen LogP contribution is -1.97. The van der Waals surface area contributed by atoms with Crippen LogP contribution in [0.2, 0.25) is 0 Å². The first-order valence-electron chi connectivity index (χ1n) is 3.62. The SMILES string of the molecule is O=C=NC1(c2ccc(Br)s2)CC1. The molecule has 1 aliphatic rings. The van der Waals surface area contributed by atoms with E-state index in [9.17, 15) is 4.79 Å². The van der Waals surface area contributed by atoms with Gasteiger partial charge in [0.05, 0.1) is 3.79 Å². The first kappa shape index (κ1) is 8.17. The van der Waals surface area contributed by atoms with Crippen LogP contribution in [0.4, 0.5) is 0 Å². The van der Waals surface area contributed by atoms with Gasteiger partial charge in [0.2, 0.25) is 6.08 Å². The normalized spacial score (nSPS) is 18.4. The van der Waals surface area contributed by atoms with Crippen LogP contribution in [0.1, 0.15) is 17.7 Å². The molecule has 0 saturated heterocycles. The second-order valence-corrected chi connectivity index (χ2v) is 5.30. The molecule has 1 aliphatic carbocycles. The van der Waals surface area contributed by atoms with Gasteiger partial charge in [-0.3, -0.25) is 0 Å². The van der Waals surface area contributed by atoms with Crippen LogP contribution >= 0.6 is 27.3 Å². The van der Waals surface area contributed by atoms with Crippen molar-refractivity contribution in [3.8, 4) is 0 Å². The zero-order valence-electron chi connectivity index (χ0n) is 6.21. The minimum absolute atomic E-state index is 0.196. The molecule has 0 aliphatic heterocycles. The molecule has 2 rings (SSSR count). The highest BCUT2D eigenvalue weighted by atomic mass is 79.9. The van der Waals surface area contributed by atoms with Crippen LogP contribution in [0.25, 0.3) is 0 Å². The fourth-order valence-corrected chi connectivity index (χ4v) is 2.76. The van der Waals surface area contributed by atoms with E-state index in [1.165, 1.54) is 0 Å². The first-order valence-corrected chi connectivity index (χ1v) is 5.23. The highest BCUT2D eigenvalue weighted by molar-refractivity contribution is 9.11. The van der Waals surface area contributed by atoms with E-state index in [-0.39, 0.29) is 5.54 Å². The summed E-state index contributed by atoms with van der Waals surface area (Å²) in [7, 11) is 0. The number of aliphatic imine (C=N–C) groups is 1. The molecule has 1 heterocycles. The highest BCUT2D eigenvalue weighted by Gasteiger charge is 2.45. The third-order valence-electron chi connectivity index (χ3n) is 2.02. The molecule has 0 spiro atoms. The number of nitrogens with zero attached hydrogens (tertiary/aromatic N) is 1. The van der Waals surface area contributed by atoms with Gasteiger partial charge in [0.1, 0.15) is 5.54 Å². The fraction of sp³-hybridized carbons (Fsp3) is 0.375. The Morgan fingerprint density at radius 2 is 2.33 bits per heavy atom. The largest absolute Gasteiger partial charge is 0.235 e. The average molecular weight is 244 g/mol. The fourth-order valence-electron chi connectivity index (χ4n) is 1.18. The molecule has 62 valence electrons. The Hall–Kier alpha value is -0.440. The maximum atomic E-state index is 10.1. The topological polar surface area (TPSA) is 29.4 Å². The van der Waals surface area contributed by atoms with Gasteiger partial charge >= 0.3 is 0 Å². The van der Waals surface area contributed by atoms with Crippen molar-refractivity contribution < 1.29 is 4.79 Å². The Morgan fingerprint density at radius 3 is 2.75 bits per heavy atom. The van der Waals surface area contributed by atoms with Crippen molar-refractivity contribution in [3.63, 3.8) is 0 Å². The molecule has 0 bridgehead atoms. The van der Waals surface area contributed by atoms with E-state index in [2.05, 4.69) is 20.9 Å². The molecule has 1 aromatic rings. The van der Waals surface area contributed by atoms with Gasteiger partial charge in [0.15, 0.2) is 0 Å². The van der Waals surface area contributed by atoms with Gasteiger partial charge in [-0.05, 0) is 40.9 Å². The predicted molar refractivity (Wildman–Crippen MR) is 51.1 cm³/mol. The van der Waals surface area contributed by atoms with Crippen molar-refractivity contribution in [2.75, 3.05) is 0 Å². The molecule has 1 aromatic heterocycles. The van der Waals surface area contributed by atoms with Crippen molar-refractivity contribution >= 4 is 33.3 Å². The number of rotatable bonds is 2. The van der Waals surface area contributed by atoms with Crippen molar-refractivity contribution in [1.29, 1.82) is 0 Å². The molecule has 0 atom stereocenters. The molecule has 0 amide bonds. The van der Waals surface area contributed by atoms with Crippen LogP contribution in [0.3, 0.4) is 0 Å². The van der Waals surface area contributed by atoms with E-state index < -0.39 is 0 Å². The predicted octanol–water partition coefficient (Wildman–Crippen LogP) is 2.84. The maximum absolute atomic E-state index is 10.1. The van der Waals surface area contributed by atoms with Gasteiger partial charge in [0, 0.05) is 4.88 Å². The summed E-state index contributed by atoms with van der Waals surface area (Å²) < 4.78 is 1.09. The minimum Gasteiger partial charge on any atom is -0.211 e. The standard InChI is InChI=1S/C8H6BrNOS/c9-7-2-1-6(12-7)8(3-4-8)10-5-11/h1-2H,3-4H2. The molecule has 0 radical (unpaired) electrons. The molecule has 1 saturated carbocycles. The average Bonchev–Trinajstić information content (AvgIpc) is 2.69. The quantitative estimate of drug-likeness (QED) is 0.581. The molecule has 0 unspecified atom stereocenters. The molecule has 0 aromatic carbocycles. The zero-order valence-corrected chi connectivity index (χ0v) is 8.61. The lowest BCUT2D eigenvalue weighted by molar-refractivity contribution is 0.557. The molecular weight excluding hydrogens is 238 g/mol. The van der Waals surface area contributed by atoms with Crippen molar-refractivity contribution in [2.24, 2.45) is 4.99 Å². The molecule has 1 fully saturated rings. The van der Waals surface area contributed by atoms with E-state index in [1.54, 1.807) is 17.4 Å². The second-order valence-electron chi connectivity index (χ2n) is 2.84. The number of carbonyl (C=O) groups excluding carboxylic acids is 1. The molecule has 2 nitrogen and oxygen atoms in total. The van der Waals surface area contributed by atoms with Gasteiger partial charge in [-0.2, -0.15) is 4.99 Å². The Bertz CT molecular complexity index is 350. The summed E-state index contributed by atoms with van der Waals surface area (Å²) in [5, 5.41) is 0. The van der Waals surface area contributed by atoms with Crippen molar-refractivity contribution in [1.82, 2.24) is 0 Å². The molecule has 12 heavy (non-hydrogen) atoms. The zero-order chi connectivity index (χ0) is 8.60. The lowest BCUT2D eigenvalue weighted by Gasteiger charge is -2.01. The number of hydrogen-bond acceptors (Lipinski definition) is 3. The van der Waals surface area contributed by atoms with Crippen LogP contribution in [-0.2, 0) is 10.3 Å². The Balaban J connectivity index is 2.36. The summed E-state index contributed by atoms with van der Waals surface area (Å²) in [5.74, 6) is 0. The van der Waals surface area contributed by atoms with Gasteiger partial charge in [-0.1, -0.05) is 0 Å². The van der Waals surface area contributed by atoms with E-state index >= 15 is 0 Å². The summed E-state index contributed by atoms with van der Waals surface area (Å²) in [4.78, 5) is 15.1. The maximum Gasteiger partial charge on any atom is 0.235 e. The highest BCUT2D eigenvalue weighted by Crippen LogP contribution is 2.51. The Kier molecular flexibility index (Phi) is 1.91. The van der Waals surface area contributed by atoms with E-state index in [0.29, 0.717) is 0 Å².